The Balaban J connectivity index is 1.64. The summed E-state index contributed by atoms with van der Waals surface area (Å²) in [5.74, 6) is 1.45. The second-order valence-corrected chi connectivity index (χ2v) is 6.24. The summed E-state index contributed by atoms with van der Waals surface area (Å²) >= 11 is 0. The smallest absolute Gasteiger partial charge is 0.257 e. The van der Waals surface area contributed by atoms with E-state index < -0.39 is 0 Å². The van der Waals surface area contributed by atoms with Crippen LogP contribution in [0.1, 0.15) is 16.7 Å². The first kappa shape index (κ1) is 15.6. The van der Waals surface area contributed by atoms with Gasteiger partial charge in [-0.25, -0.2) is 0 Å². The molecule has 0 atom stereocenters. The Bertz CT molecular complexity index is 873. The molecule has 2 aliphatic heterocycles. The number of para-hydroxylation sites is 1. The number of ether oxygens (including phenoxy) is 2. The summed E-state index contributed by atoms with van der Waals surface area (Å²) in [6.45, 7) is 1.61. The van der Waals surface area contributed by atoms with Gasteiger partial charge in [-0.3, -0.25) is 4.79 Å². The van der Waals surface area contributed by atoms with Gasteiger partial charge in [0.25, 0.3) is 5.91 Å². The van der Waals surface area contributed by atoms with Crippen molar-refractivity contribution in [2.24, 2.45) is 0 Å². The molecule has 25 heavy (non-hydrogen) atoms. The summed E-state index contributed by atoms with van der Waals surface area (Å²) in [5, 5.41) is 2.92. The van der Waals surface area contributed by atoms with Crippen molar-refractivity contribution in [1.82, 2.24) is 4.90 Å². The molecule has 0 aliphatic carbocycles. The first-order chi connectivity index (χ1) is 12.2. The average Bonchev–Trinajstić information content (AvgIpc) is 2.96. The number of carbonyl (C=O) groups excluding carboxylic acids is 1. The Morgan fingerprint density at radius 1 is 1.08 bits per heavy atom. The Hall–Kier alpha value is -2.95. The Morgan fingerprint density at radius 3 is 2.56 bits per heavy atom. The monoisotopic (exact) mass is 336 g/mol. The number of fused-ring (bicyclic) bond motifs is 2. The van der Waals surface area contributed by atoms with Gasteiger partial charge in [0, 0.05) is 30.5 Å². The molecule has 2 aromatic rings. The van der Waals surface area contributed by atoms with Crippen molar-refractivity contribution in [3.05, 3.63) is 59.3 Å². The Morgan fingerprint density at radius 2 is 1.80 bits per heavy atom. The third-order valence-electron chi connectivity index (χ3n) is 4.77. The molecule has 128 valence electrons. The molecule has 5 heteroatoms. The minimum atomic E-state index is -0.0423. The zero-order chi connectivity index (χ0) is 17.4. The highest BCUT2D eigenvalue weighted by atomic mass is 16.5. The number of carbonyl (C=O) groups is 1. The molecule has 2 aromatic carbocycles. The highest BCUT2D eigenvalue weighted by Gasteiger charge is 2.25. The third-order valence-corrected chi connectivity index (χ3v) is 4.77. The largest absolute Gasteiger partial charge is 0.493 e. The van der Waals surface area contributed by atoms with Crippen LogP contribution in [0.4, 0.5) is 5.69 Å². The highest BCUT2D eigenvalue weighted by Crippen LogP contribution is 2.35. The first-order valence-electron chi connectivity index (χ1n) is 8.30. The Kier molecular flexibility index (Phi) is 3.84. The molecule has 4 rings (SSSR count). The zero-order valence-corrected chi connectivity index (χ0v) is 14.3. The van der Waals surface area contributed by atoms with Crippen LogP contribution in [0.5, 0.6) is 11.5 Å². The van der Waals surface area contributed by atoms with E-state index in [2.05, 4.69) is 16.3 Å². The van der Waals surface area contributed by atoms with Crippen LogP contribution >= 0.6 is 0 Å². The molecule has 0 radical (unpaired) electrons. The fraction of sp³-hybridized carbons (Fsp3) is 0.250. The summed E-state index contributed by atoms with van der Waals surface area (Å²) in [4.78, 5) is 14.5. The number of rotatable bonds is 3. The molecule has 5 nitrogen and oxygen atoms in total. The normalized spacial score (nSPS) is 17.1. The van der Waals surface area contributed by atoms with E-state index in [1.807, 2.05) is 36.5 Å². The molecule has 0 bridgehead atoms. The van der Waals surface area contributed by atoms with Gasteiger partial charge in [0.15, 0.2) is 11.5 Å². The molecular formula is C20H20N2O3. The molecule has 1 amide bonds. The topological polar surface area (TPSA) is 50.8 Å². The lowest BCUT2D eigenvalue weighted by Crippen LogP contribution is -2.26. The van der Waals surface area contributed by atoms with Gasteiger partial charge in [0.1, 0.15) is 0 Å². The summed E-state index contributed by atoms with van der Waals surface area (Å²) in [6, 6.07) is 11.9. The van der Waals surface area contributed by atoms with Gasteiger partial charge in [-0.2, -0.15) is 0 Å². The van der Waals surface area contributed by atoms with E-state index in [0.29, 0.717) is 0 Å². The van der Waals surface area contributed by atoms with Crippen molar-refractivity contribution in [2.75, 3.05) is 26.1 Å². The molecule has 0 saturated carbocycles. The van der Waals surface area contributed by atoms with E-state index in [9.17, 15) is 4.79 Å². The van der Waals surface area contributed by atoms with Crippen molar-refractivity contribution in [1.29, 1.82) is 0 Å². The van der Waals surface area contributed by atoms with Gasteiger partial charge < -0.3 is 19.7 Å². The molecular weight excluding hydrogens is 316 g/mol. The van der Waals surface area contributed by atoms with Crippen LogP contribution in [-0.2, 0) is 17.8 Å². The quantitative estimate of drug-likeness (QED) is 0.875. The van der Waals surface area contributed by atoms with Gasteiger partial charge in [0.05, 0.1) is 19.8 Å². The maximum absolute atomic E-state index is 12.3. The molecule has 1 N–H and O–H groups in total. The van der Waals surface area contributed by atoms with Gasteiger partial charge in [-0.15, -0.1) is 0 Å². The number of methoxy groups -OCH3 is 2. The standard InChI is InChI=1S/C20H20N2O3/c1-24-18-9-13-7-8-22(11-14(13)10-19(18)25-2)12-16-15-5-3-4-6-17(15)21-20(16)23/h3-6,9-10,12H,7-8,11H2,1-2H3,(H,21,23)/b16-12+. The minimum Gasteiger partial charge on any atom is -0.493 e. The number of amides is 1. The summed E-state index contributed by atoms with van der Waals surface area (Å²) < 4.78 is 10.8. The third kappa shape index (κ3) is 2.71. The van der Waals surface area contributed by atoms with Crippen molar-refractivity contribution >= 4 is 17.2 Å². The first-order valence-corrected chi connectivity index (χ1v) is 8.30. The molecule has 0 aromatic heterocycles. The lowest BCUT2D eigenvalue weighted by molar-refractivity contribution is -0.110. The van der Waals surface area contributed by atoms with Crippen molar-refractivity contribution < 1.29 is 14.3 Å². The number of benzene rings is 2. The van der Waals surface area contributed by atoms with Gasteiger partial charge in [0.2, 0.25) is 0 Å². The zero-order valence-electron chi connectivity index (χ0n) is 14.3. The summed E-state index contributed by atoms with van der Waals surface area (Å²) in [6.07, 6.45) is 2.88. The molecule has 2 heterocycles. The predicted octanol–water partition coefficient (Wildman–Crippen LogP) is 3.06. The maximum atomic E-state index is 12.3. The SMILES string of the molecule is COc1cc2c(cc1OC)CN(/C=C1/C(=O)Nc3ccccc31)CC2. The van der Waals surface area contributed by atoms with E-state index in [1.165, 1.54) is 11.1 Å². The molecule has 2 aliphatic rings. The van der Waals surface area contributed by atoms with Crippen molar-refractivity contribution in [3.63, 3.8) is 0 Å². The summed E-state index contributed by atoms with van der Waals surface area (Å²) in [7, 11) is 3.30. The van der Waals surface area contributed by atoms with E-state index in [4.69, 9.17) is 9.47 Å². The van der Waals surface area contributed by atoms with Gasteiger partial charge in [-0.1, -0.05) is 18.2 Å². The van der Waals surface area contributed by atoms with Gasteiger partial charge >= 0.3 is 0 Å². The van der Waals surface area contributed by atoms with E-state index in [0.717, 1.165) is 47.8 Å². The van der Waals surface area contributed by atoms with E-state index >= 15 is 0 Å². The number of anilines is 1. The fourth-order valence-electron chi connectivity index (χ4n) is 3.46. The molecule has 0 spiro atoms. The number of nitrogens with one attached hydrogen (secondary N) is 1. The number of hydrogen-bond acceptors (Lipinski definition) is 4. The molecule has 0 unspecified atom stereocenters. The second-order valence-electron chi connectivity index (χ2n) is 6.24. The van der Waals surface area contributed by atoms with Crippen molar-refractivity contribution in [2.45, 2.75) is 13.0 Å². The Labute approximate surface area is 146 Å². The maximum Gasteiger partial charge on any atom is 0.257 e. The van der Waals surface area contributed by atoms with E-state index in [1.54, 1.807) is 14.2 Å². The highest BCUT2D eigenvalue weighted by molar-refractivity contribution is 6.31. The minimum absolute atomic E-state index is 0.0423. The predicted molar refractivity (Wildman–Crippen MR) is 96.7 cm³/mol. The van der Waals surface area contributed by atoms with E-state index in [-0.39, 0.29) is 5.91 Å². The van der Waals surface area contributed by atoms with Crippen LogP contribution in [0, 0.1) is 0 Å². The fourth-order valence-corrected chi connectivity index (χ4v) is 3.46. The lowest BCUT2D eigenvalue weighted by Gasteiger charge is -2.29. The van der Waals surface area contributed by atoms with Crippen LogP contribution < -0.4 is 14.8 Å². The number of nitrogens with zero attached hydrogens (tertiary/aromatic N) is 1. The van der Waals surface area contributed by atoms with Crippen LogP contribution in [-0.4, -0.2) is 31.6 Å². The number of hydrogen-bond donors (Lipinski definition) is 1. The van der Waals surface area contributed by atoms with Crippen molar-refractivity contribution in [3.8, 4) is 11.5 Å². The van der Waals surface area contributed by atoms with Crippen LogP contribution in [0.2, 0.25) is 0 Å². The lowest BCUT2D eigenvalue weighted by atomic mass is 9.98. The summed E-state index contributed by atoms with van der Waals surface area (Å²) in [5.41, 5.74) is 5.03. The average molecular weight is 336 g/mol. The van der Waals surface area contributed by atoms with Crippen LogP contribution in [0.3, 0.4) is 0 Å². The van der Waals surface area contributed by atoms with Crippen LogP contribution in [0.25, 0.3) is 5.57 Å². The van der Waals surface area contributed by atoms with Crippen LogP contribution in [0.15, 0.2) is 42.6 Å². The second kappa shape index (κ2) is 6.16. The molecule has 0 fully saturated rings. The van der Waals surface area contributed by atoms with Gasteiger partial charge in [-0.05, 0) is 35.7 Å². The molecule has 0 saturated heterocycles.